The van der Waals surface area contributed by atoms with Crippen LogP contribution in [0.5, 0.6) is 0 Å². The molecule has 2 heterocycles. The molecule has 0 bridgehead atoms. The van der Waals surface area contributed by atoms with Gasteiger partial charge in [-0.2, -0.15) is 0 Å². The number of carbonyl (C=O) groups is 1. The van der Waals surface area contributed by atoms with E-state index >= 15 is 0 Å². The van der Waals surface area contributed by atoms with Gasteiger partial charge in [0.05, 0.1) is 12.0 Å². The van der Waals surface area contributed by atoms with Gasteiger partial charge in [-0.3, -0.25) is 4.79 Å². The van der Waals surface area contributed by atoms with Gasteiger partial charge in [0, 0.05) is 24.9 Å². The Hall–Kier alpha value is -1.82. The van der Waals surface area contributed by atoms with E-state index < -0.39 is 0 Å². The van der Waals surface area contributed by atoms with Crippen LogP contribution in [0.1, 0.15) is 15.4 Å². The first-order valence-corrected chi connectivity index (χ1v) is 5.74. The lowest BCUT2D eigenvalue weighted by Gasteiger charge is -2.02. The number of nitrogens with one attached hydrogen (secondary N) is 2. The molecule has 1 amide bonds. The molecule has 0 aliphatic carbocycles. The second kappa shape index (κ2) is 4.80. The lowest BCUT2D eigenvalue weighted by Crippen LogP contribution is -2.25. The predicted octanol–water partition coefficient (Wildman–Crippen LogP) is 1.03. The zero-order chi connectivity index (χ0) is 11.4. The van der Waals surface area contributed by atoms with Crippen LogP contribution >= 0.6 is 11.3 Å². The summed E-state index contributed by atoms with van der Waals surface area (Å²) in [5.41, 5.74) is 7.17. The number of hydrogen-bond acceptors (Lipinski definition) is 4. The normalized spacial score (nSPS) is 10.2. The molecule has 6 heteroatoms. The molecule has 0 spiro atoms. The molecule has 2 rings (SSSR count). The van der Waals surface area contributed by atoms with Gasteiger partial charge in [0.15, 0.2) is 0 Å². The van der Waals surface area contributed by atoms with Gasteiger partial charge in [-0.15, -0.1) is 11.3 Å². The van der Waals surface area contributed by atoms with Crippen molar-refractivity contribution in [3.05, 3.63) is 34.5 Å². The van der Waals surface area contributed by atoms with Crippen LogP contribution in [0.2, 0.25) is 0 Å². The van der Waals surface area contributed by atoms with Gasteiger partial charge in [-0.25, -0.2) is 4.98 Å². The maximum Gasteiger partial charge on any atom is 0.263 e. The zero-order valence-electron chi connectivity index (χ0n) is 8.56. The molecule has 16 heavy (non-hydrogen) atoms. The molecule has 0 radical (unpaired) electrons. The number of amides is 1. The van der Waals surface area contributed by atoms with E-state index in [2.05, 4.69) is 15.3 Å². The number of aromatic nitrogens is 2. The van der Waals surface area contributed by atoms with E-state index in [1.54, 1.807) is 24.0 Å². The fourth-order valence-corrected chi connectivity index (χ4v) is 2.05. The van der Waals surface area contributed by atoms with Crippen LogP contribution in [0.4, 0.5) is 5.69 Å². The second-order valence-electron chi connectivity index (χ2n) is 3.29. The fourth-order valence-electron chi connectivity index (χ4n) is 1.32. The van der Waals surface area contributed by atoms with Gasteiger partial charge in [-0.05, 0) is 11.4 Å². The standard InChI is InChI=1S/C10H12N4OS/c11-8-2-4-16-9(8)10(15)13-3-1-7-5-12-6-14-7/h2,4-6H,1,3,11H2,(H,12,14)(H,13,15). The molecule has 0 saturated carbocycles. The number of H-pyrrole nitrogens is 1. The highest BCUT2D eigenvalue weighted by Crippen LogP contribution is 2.18. The molecular weight excluding hydrogens is 224 g/mol. The van der Waals surface area contributed by atoms with E-state index in [4.69, 9.17) is 5.73 Å². The van der Waals surface area contributed by atoms with Crippen molar-refractivity contribution >= 4 is 22.9 Å². The van der Waals surface area contributed by atoms with Crippen LogP contribution in [-0.4, -0.2) is 22.4 Å². The molecular formula is C10H12N4OS. The summed E-state index contributed by atoms with van der Waals surface area (Å²) in [6, 6.07) is 1.73. The third kappa shape index (κ3) is 2.40. The van der Waals surface area contributed by atoms with Crippen molar-refractivity contribution in [3.63, 3.8) is 0 Å². The average molecular weight is 236 g/mol. The molecule has 4 N–H and O–H groups in total. The van der Waals surface area contributed by atoms with Crippen molar-refractivity contribution in [1.29, 1.82) is 0 Å². The largest absolute Gasteiger partial charge is 0.397 e. The predicted molar refractivity (Wildman–Crippen MR) is 63.4 cm³/mol. The van der Waals surface area contributed by atoms with Crippen molar-refractivity contribution in [2.45, 2.75) is 6.42 Å². The maximum atomic E-state index is 11.6. The Morgan fingerprint density at radius 3 is 3.12 bits per heavy atom. The summed E-state index contributed by atoms with van der Waals surface area (Å²) in [4.78, 5) is 19.1. The molecule has 0 aliphatic rings. The van der Waals surface area contributed by atoms with Crippen molar-refractivity contribution in [1.82, 2.24) is 15.3 Å². The molecule has 0 unspecified atom stereocenters. The van der Waals surface area contributed by atoms with Crippen LogP contribution in [0.15, 0.2) is 24.0 Å². The van der Waals surface area contributed by atoms with E-state index in [0.717, 1.165) is 12.1 Å². The van der Waals surface area contributed by atoms with E-state index in [9.17, 15) is 4.79 Å². The smallest absolute Gasteiger partial charge is 0.263 e. The van der Waals surface area contributed by atoms with E-state index in [-0.39, 0.29) is 5.91 Å². The molecule has 0 aliphatic heterocycles. The molecule has 0 fully saturated rings. The van der Waals surface area contributed by atoms with Crippen LogP contribution in [0.25, 0.3) is 0 Å². The minimum absolute atomic E-state index is 0.119. The molecule has 5 nitrogen and oxygen atoms in total. The highest BCUT2D eigenvalue weighted by atomic mass is 32.1. The summed E-state index contributed by atoms with van der Waals surface area (Å²) in [7, 11) is 0. The number of rotatable bonds is 4. The van der Waals surface area contributed by atoms with E-state index in [1.165, 1.54) is 11.3 Å². The summed E-state index contributed by atoms with van der Waals surface area (Å²) < 4.78 is 0. The third-order valence-electron chi connectivity index (χ3n) is 2.14. The number of hydrogen-bond donors (Lipinski definition) is 3. The van der Waals surface area contributed by atoms with Gasteiger partial charge < -0.3 is 16.0 Å². The number of nitrogens with two attached hydrogens (primary N) is 1. The van der Waals surface area contributed by atoms with Crippen molar-refractivity contribution in [2.75, 3.05) is 12.3 Å². The van der Waals surface area contributed by atoms with E-state index in [1.807, 2.05) is 0 Å². The number of imidazole rings is 1. The van der Waals surface area contributed by atoms with Crippen molar-refractivity contribution < 1.29 is 4.79 Å². The Morgan fingerprint density at radius 1 is 1.62 bits per heavy atom. The number of nitrogen functional groups attached to an aromatic ring is 1. The van der Waals surface area contributed by atoms with Crippen LogP contribution in [0.3, 0.4) is 0 Å². The van der Waals surface area contributed by atoms with Crippen molar-refractivity contribution in [2.24, 2.45) is 0 Å². The first kappa shape index (κ1) is 10.7. The summed E-state index contributed by atoms with van der Waals surface area (Å²) in [6.45, 7) is 0.568. The van der Waals surface area contributed by atoms with Gasteiger partial charge in [-0.1, -0.05) is 0 Å². The zero-order valence-corrected chi connectivity index (χ0v) is 9.38. The van der Waals surface area contributed by atoms with Gasteiger partial charge in [0.1, 0.15) is 4.88 Å². The Bertz CT molecular complexity index is 463. The number of anilines is 1. The second-order valence-corrected chi connectivity index (χ2v) is 4.20. The maximum absolute atomic E-state index is 11.6. The Morgan fingerprint density at radius 2 is 2.50 bits per heavy atom. The average Bonchev–Trinajstić information content (AvgIpc) is 2.88. The Labute approximate surface area is 96.7 Å². The molecule has 0 aromatic carbocycles. The highest BCUT2D eigenvalue weighted by Gasteiger charge is 2.09. The number of thiophene rings is 1. The Balaban J connectivity index is 1.83. The van der Waals surface area contributed by atoms with Crippen LogP contribution in [0, 0.1) is 0 Å². The summed E-state index contributed by atoms with van der Waals surface area (Å²) in [5.74, 6) is -0.119. The van der Waals surface area contributed by atoms with Crippen LogP contribution < -0.4 is 11.1 Å². The lowest BCUT2D eigenvalue weighted by atomic mass is 10.3. The molecule has 0 saturated heterocycles. The lowest BCUT2D eigenvalue weighted by molar-refractivity contribution is 0.0959. The highest BCUT2D eigenvalue weighted by molar-refractivity contribution is 7.12. The number of carbonyl (C=O) groups excluding carboxylic acids is 1. The quantitative estimate of drug-likeness (QED) is 0.741. The van der Waals surface area contributed by atoms with Crippen LogP contribution in [-0.2, 0) is 6.42 Å². The molecule has 0 atom stereocenters. The first-order chi connectivity index (χ1) is 7.77. The summed E-state index contributed by atoms with van der Waals surface area (Å²) in [5, 5.41) is 4.61. The number of aromatic amines is 1. The SMILES string of the molecule is Nc1ccsc1C(=O)NCCc1cnc[nH]1. The Kier molecular flexibility index (Phi) is 3.21. The molecule has 2 aromatic heterocycles. The third-order valence-corrected chi connectivity index (χ3v) is 3.07. The minimum atomic E-state index is -0.119. The summed E-state index contributed by atoms with van der Waals surface area (Å²) >= 11 is 1.35. The molecule has 84 valence electrons. The number of nitrogens with zero attached hydrogens (tertiary/aromatic N) is 1. The van der Waals surface area contributed by atoms with Gasteiger partial charge >= 0.3 is 0 Å². The first-order valence-electron chi connectivity index (χ1n) is 4.86. The molecule has 2 aromatic rings. The minimum Gasteiger partial charge on any atom is -0.397 e. The fraction of sp³-hybridized carbons (Fsp3) is 0.200. The summed E-state index contributed by atoms with van der Waals surface area (Å²) in [6.07, 6.45) is 4.09. The monoisotopic (exact) mass is 236 g/mol. The van der Waals surface area contributed by atoms with E-state index in [0.29, 0.717) is 17.1 Å². The van der Waals surface area contributed by atoms with Gasteiger partial charge in [0.2, 0.25) is 0 Å². The topological polar surface area (TPSA) is 83.8 Å². The van der Waals surface area contributed by atoms with Gasteiger partial charge in [0.25, 0.3) is 5.91 Å². The van der Waals surface area contributed by atoms with Crippen molar-refractivity contribution in [3.8, 4) is 0 Å².